The highest BCUT2D eigenvalue weighted by Gasteiger charge is 2.18. The molecule has 2 heterocycles. The minimum atomic E-state index is -0.365. The van der Waals surface area contributed by atoms with E-state index in [1.54, 1.807) is 46.9 Å². The fraction of sp³-hybridized carbons (Fsp3) is 0.741. The number of thiazole rings is 2. The maximum atomic E-state index is 12.8. The summed E-state index contributed by atoms with van der Waals surface area (Å²) in [5.74, 6) is -0.730. The Morgan fingerprint density at radius 2 is 0.677 bits per heavy atom. The van der Waals surface area contributed by atoms with Crippen LogP contribution in [0.4, 0.5) is 0 Å². The van der Waals surface area contributed by atoms with Crippen molar-refractivity contribution in [2.75, 3.05) is 13.2 Å². The highest BCUT2D eigenvalue weighted by molar-refractivity contribution is 7.09. The molecule has 0 radical (unpaired) electrons. The Labute approximate surface area is 388 Å². The molecular formula is C54H90N2O4S2+2. The van der Waals surface area contributed by atoms with Crippen LogP contribution in [0.25, 0.3) is 0 Å². The molecule has 0 aliphatic carbocycles. The van der Waals surface area contributed by atoms with Gasteiger partial charge in [0.05, 0.1) is 34.1 Å². The summed E-state index contributed by atoms with van der Waals surface area (Å²) in [6.45, 7) is 11.7. The van der Waals surface area contributed by atoms with Gasteiger partial charge in [-0.2, -0.15) is 9.13 Å². The van der Waals surface area contributed by atoms with E-state index < -0.39 is 0 Å². The van der Waals surface area contributed by atoms with Crippen molar-refractivity contribution in [3.63, 3.8) is 0 Å². The summed E-state index contributed by atoms with van der Waals surface area (Å²) in [6.07, 6.45) is 42.9. The minimum absolute atomic E-state index is 0.338. The van der Waals surface area contributed by atoms with Crippen LogP contribution in [0.2, 0.25) is 0 Å². The molecule has 0 bridgehead atoms. The van der Waals surface area contributed by atoms with E-state index in [1.807, 2.05) is 0 Å². The number of aromatic nitrogens is 2. The van der Waals surface area contributed by atoms with Crippen molar-refractivity contribution in [2.45, 2.75) is 246 Å². The molecule has 62 heavy (non-hydrogen) atoms. The maximum Gasteiger partial charge on any atom is 0.338 e. The number of aryl methyl sites for hydroxylation is 2. The van der Waals surface area contributed by atoms with Gasteiger partial charge in [0.15, 0.2) is 11.4 Å². The zero-order valence-corrected chi connectivity index (χ0v) is 41.9. The number of esters is 2. The van der Waals surface area contributed by atoms with E-state index in [-0.39, 0.29) is 11.9 Å². The zero-order chi connectivity index (χ0) is 44.3. The fourth-order valence-electron chi connectivity index (χ4n) is 8.51. The highest BCUT2D eigenvalue weighted by Crippen LogP contribution is 2.18. The Hall–Kier alpha value is -2.58. The number of hydrogen-bond acceptors (Lipinski definition) is 6. The van der Waals surface area contributed by atoms with E-state index in [0.29, 0.717) is 37.2 Å². The number of carbonyl (C=O) groups excluding carboxylic acids is 2. The molecule has 0 spiro atoms. The molecule has 0 saturated carbocycles. The Balaban J connectivity index is 1.19. The normalized spacial score (nSPS) is 11.4. The Kier molecular flexibility index (Phi) is 31.0. The lowest BCUT2D eigenvalue weighted by atomic mass is 10.0. The van der Waals surface area contributed by atoms with Crippen LogP contribution in [-0.2, 0) is 35.4 Å². The van der Waals surface area contributed by atoms with Gasteiger partial charge >= 0.3 is 11.9 Å². The van der Waals surface area contributed by atoms with Gasteiger partial charge in [0.1, 0.15) is 13.1 Å². The first-order valence-electron chi connectivity index (χ1n) is 25.8. The van der Waals surface area contributed by atoms with Gasteiger partial charge in [-0.15, -0.1) is 0 Å². The van der Waals surface area contributed by atoms with Crippen molar-refractivity contribution < 1.29 is 28.2 Å². The third-order valence-electron chi connectivity index (χ3n) is 12.8. The Bertz CT molecular complexity index is 1450. The van der Waals surface area contributed by atoms with Crippen molar-refractivity contribution in [3.05, 3.63) is 67.6 Å². The molecule has 0 amide bonds. The molecule has 3 rings (SSSR count). The predicted molar refractivity (Wildman–Crippen MR) is 263 cm³/mol. The lowest BCUT2D eigenvalue weighted by molar-refractivity contribution is -0.698. The number of benzene rings is 1. The highest BCUT2D eigenvalue weighted by atomic mass is 32.1. The van der Waals surface area contributed by atoms with Gasteiger partial charge in [0.25, 0.3) is 0 Å². The maximum absolute atomic E-state index is 12.8. The van der Waals surface area contributed by atoms with Crippen molar-refractivity contribution in [3.8, 4) is 0 Å². The topological polar surface area (TPSA) is 60.4 Å². The Morgan fingerprint density at radius 1 is 0.419 bits per heavy atom. The molecule has 3 aromatic rings. The van der Waals surface area contributed by atoms with Gasteiger partial charge in [-0.05, 0) is 37.1 Å². The zero-order valence-electron chi connectivity index (χ0n) is 40.3. The number of ether oxygens (including phenoxy) is 2. The average molecular weight is 895 g/mol. The first-order valence-corrected chi connectivity index (χ1v) is 27.6. The number of carbonyl (C=O) groups is 2. The van der Waals surface area contributed by atoms with Crippen LogP contribution in [0.5, 0.6) is 0 Å². The number of unbranched alkanes of at least 4 members (excludes halogenated alkanes) is 28. The van der Waals surface area contributed by atoms with E-state index in [1.165, 1.54) is 214 Å². The van der Waals surface area contributed by atoms with Crippen LogP contribution in [0.15, 0.2) is 35.3 Å². The van der Waals surface area contributed by atoms with Gasteiger partial charge in [0, 0.05) is 39.5 Å². The van der Waals surface area contributed by atoms with E-state index >= 15 is 0 Å². The minimum Gasteiger partial charge on any atom is -0.462 e. The van der Waals surface area contributed by atoms with Crippen LogP contribution in [0.3, 0.4) is 0 Å². The van der Waals surface area contributed by atoms with Gasteiger partial charge in [-0.25, -0.2) is 9.59 Å². The SMILES string of the molecule is CCCCCCCCCCCCCCCCC[n+]1csc(CCOC(=O)c2ccc(C(=O)OCCc3sc[n+](CCCCCCCCCCCCCCCCC)c3C)cc2)c1C. The summed E-state index contributed by atoms with van der Waals surface area (Å²) in [5.41, 5.74) is 7.88. The molecule has 2 aromatic heterocycles. The fourth-order valence-corrected chi connectivity index (χ4v) is 10.5. The largest absolute Gasteiger partial charge is 0.462 e. The van der Waals surface area contributed by atoms with E-state index in [9.17, 15) is 9.59 Å². The molecule has 1 aromatic carbocycles. The van der Waals surface area contributed by atoms with Crippen LogP contribution in [0.1, 0.15) is 248 Å². The molecule has 0 fully saturated rings. The molecule has 0 atom stereocenters. The van der Waals surface area contributed by atoms with Crippen molar-refractivity contribution >= 4 is 34.6 Å². The first-order chi connectivity index (χ1) is 30.4. The summed E-state index contributed by atoms with van der Waals surface area (Å²) >= 11 is 3.50. The smallest absolute Gasteiger partial charge is 0.338 e. The Morgan fingerprint density at radius 3 is 0.952 bits per heavy atom. The second-order valence-corrected chi connectivity index (χ2v) is 20.0. The molecule has 0 N–H and O–H groups in total. The van der Waals surface area contributed by atoms with Crippen LogP contribution in [0, 0.1) is 13.8 Å². The molecule has 0 aliphatic heterocycles. The van der Waals surface area contributed by atoms with Crippen LogP contribution >= 0.6 is 22.7 Å². The summed E-state index contributed by atoms with van der Waals surface area (Å²) in [6, 6.07) is 6.63. The second-order valence-electron chi connectivity index (χ2n) is 18.1. The van der Waals surface area contributed by atoms with Gasteiger partial charge in [0.2, 0.25) is 11.0 Å². The lowest BCUT2D eigenvalue weighted by Crippen LogP contribution is -2.34. The summed E-state index contributed by atoms with van der Waals surface area (Å²) < 4.78 is 16.0. The standard InChI is InChI=1S/C54H90N2O4S2/c1-5-7-9-11-13-15-17-19-21-23-25-27-29-31-33-41-55-45-61-51(47(55)3)39-43-59-53(57)49-35-37-50(38-36-49)54(58)60-44-40-52-48(4)56(46-62-52)42-34-32-30-28-26-24-22-20-18-16-14-12-10-8-6-2/h35-38,45-46H,5-34,39-44H2,1-4H3/q+2. The molecule has 8 heteroatoms. The van der Waals surface area contributed by atoms with E-state index in [2.05, 4.69) is 47.9 Å². The van der Waals surface area contributed by atoms with E-state index in [0.717, 1.165) is 13.1 Å². The first kappa shape index (κ1) is 53.8. The number of nitrogens with zero attached hydrogens (tertiary/aromatic N) is 2. The van der Waals surface area contributed by atoms with E-state index in [4.69, 9.17) is 9.47 Å². The van der Waals surface area contributed by atoms with Gasteiger partial charge in [-0.3, -0.25) is 0 Å². The average Bonchev–Trinajstić information content (AvgIpc) is 3.82. The van der Waals surface area contributed by atoms with Crippen molar-refractivity contribution in [2.24, 2.45) is 0 Å². The number of hydrogen-bond donors (Lipinski definition) is 0. The summed E-state index contributed by atoms with van der Waals surface area (Å²) in [7, 11) is 0. The van der Waals surface area contributed by atoms with Crippen molar-refractivity contribution in [1.29, 1.82) is 0 Å². The molecular weight excluding hydrogens is 805 g/mol. The van der Waals surface area contributed by atoms with Crippen LogP contribution in [-0.4, -0.2) is 25.2 Å². The molecule has 0 unspecified atom stereocenters. The predicted octanol–water partition coefficient (Wildman–Crippen LogP) is 15.5. The van der Waals surface area contributed by atoms with Gasteiger partial charge in [-0.1, -0.05) is 203 Å². The third-order valence-corrected chi connectivity index (χ3v) is 15.1. The van der Waals surface area contributed by atoms with Crippen LogP contribution < -0.4 is 9.13 Å². The molecule has 0 saturated heterocycles. The third kappa shape index (κ3) is 23.9. The quantitative estimate of drug-likeness (QED) is 0.0324. The van der Waals surface area contributed by atoms with Crippen molar-refractivity contribution in [1.82, 2.24) is 0 Å². The molecule has 350 valence electrons. The summed E-state index contributed by atoms with van der Waals surface area (Å²) in [4.78, 5) is 28.1. The molecule has 0 aliphatic rings. The second kappa shape index (κ2) is 35.7. The lowest BCUT2D eigenvalue weighted by Gasteiger charge is -2.06. The van der Waals surface area contributed by atoms with Gasteiger partial charge < -0.3 is 9.47 Å². The summed E-state index contributed by atoms with van der Waals surface area (Å²) in [5, 5.41) is 0. The molecule has 6 nitrogen and oxygen atoms in total. The number of rotatable bonds is 40. The monoisotopic (exact) mass is 895 g/mol.